The van der Waals surface area contributed by atoms with Crippen LogP contribution in [-0.4, -0.2) is 17.7 Å². The van der Waals surface area contributed by atoms with Gasteiger partial charge in [-0.25, -0.2) is 0 Å². The minimum atomic E-state index is 0.0756. The fourth-order valence-electron chi connectivity index (χ4n) is 3.03. The quantitative estimate of drug-likeness (QED) is 0.923. The zero-order chi connectivity index (χ0) is 13.8. The second-order valence-corrected chi connectivity index (χ2v) is 5.62. The van der Waals surface area contributed by atoms with Gasteiger partial charge in [-0.2, -0.15) is 0 Å². The third-order valence-corrected chi connectivity index (χ3v) is 4.19. The van der Waals surface area contributed by atoms with E-state index in [1.54, 1.807) is 0 Å². The van der Waals surface area contributed by atoms with E-state index in [1.807, 2.05) is 12.4 Å². The zero-order valence-electron chi connectivity index (χ0n) is 11.8. The van der Waals surface area contributed by atoms with Crippen molar-refractivity contribution in [1.82, 2.24) is 4.98 Å². The molecule has 1 aliphatic rings. The summed E-state index contributed by atoms with van der Waals surface area (Å²) in [7, 11) is 0. The van der Waals surface area contributed by atoms with Crippen molar-refractivity contribution in [3.05, 3.63) is 42.2 Å². The molecule has 1 aromatic heterocycles. The smallest absolute Gasteiger partial charge is 0.0575 e. The standard InChI is InChI=1S/C17H22N2O/c18-17(8-7-14-5-1-2-11-20-14)16-6-3-4-13-12-19-10-9-15(13)16/h3-4,6,9-10,12,14,17H,1-2,5,7-8,11,18H2. The molecule has 0 spiro atoms. The van der Waals surface area contributed by atoms with Crippen LogP contribution < -0.4 is 5.73 Å². The van der Waals surface area contributed by atoms with Crippen LogP contribution in [-0.2, 0) is 4.74 Å². The van der Waals surface area contributed by atoms with Crippen molar-refractivity contribution in [3.8, 4) is 0 Å². The van der Waals surface area contributed by atoms with E-state index in [4.69, 9.17) is 10.5 Å². The first-order valence-electron chi connectivity index (χ1n) is 7.54. The average molecular weight is 270 g/mol. The maximum Gasteiger partial charge on any atom is 0.0575 e. The number of fused-ring (bicyclic) bond motifs is 1. The summed E-state index contributed by atoms with van der Waals surface area (Å²) < 4.78 is 5.79. The van der Waals surface area contributed by atoms with Crippen LogP contribution in [0.15, 0.2) is 36.7 Å². The molecule has 20 heavy (non-hydrogen) atoms. The van der Waals surface area contributed by atoms with Gasteiger partial charge in [-0.1, -0.05) is 18.2 Å². The molecule has 1 fully saturated rings. The Hall–Kier alpha value is -1.45. The third kappa shape index (κ3) is 3.00. The number of hydrogen-bond donors (Lipinski definition) is 1. The highest BCUT2D eigenvalue weighted by atomic mass is 16.5. The Balaban J connectivity index is 1.70. The highest BCUT2D eigenvalue weighted by molar-refractivity contribution is 5.85. The maximum absolute atomic E-state index is 6.40. The summed E-state index contributed by atoms with van der Waals surface area (Å²) in [5, 5.41) is 2.38. The lowest BCUT2D eigenvalue weighted by Gasteiger charge is -2.24. The van der Waals surface area contributed by atoms with Crippen LogP contribution in [0, 0.1) is 0 Å². The molecule has 3 rings (SSSR count). The number of nitrogens with zero attached hydrogens (tertiary/aromatic N) is 1. The zero-order valence-corrected chi connectivity index (χ0v) is 11.8. The number of benzene rings is 1. The predicted octanol–water partition coefficient (Wildman–Crippen LogP) is 3.58. The first-order chi connectivity index (χ1) is 9.84. The van der Waals surface area contributed by atoms with E-state index >= 15 is 0 Å². The van der Waals surface area contributed by atoms with Crippen LogP contribution in [0.5, 0.6) is 0 Å². The molecule has 2 N–H and O–H groups in total. The Morgan fingerprint density at radius 3 is 3.10 bits per heavy atom. The summed E-state index contributed by atoms with van der Waals surface area (Å²) in [5.41, 5.74) is 7.63. The number of ether oxygens (including phenoxy) is 1. The first kappa shape index (κ1) is 13.5. The third-order valence-electron chi connectivity index (χ3n) is 4.19. The minimum absolute atomic E-state index is 0.0756. The lowest BCUT2D eigenvalue weighted by molar-refractivity contribution is 0.00914. The van der Waals surface area contributed by atoms with Gasteiger partial charge in [0.15, 0.2) is 0 Å². The molecule has 3 heteroatoms. The second kappa shape index (κ2) is 6.33. The average Bonchev–Trinajstić information content (AvgIpc) is 2.53. The normalized spacial score (nSPS) is 20.9. The number of hydrogen-bond acceptors (Lipinski definition) is 3. The predicted molar refractivity (Wildman–Crippen MR) is 81.5 cm³/mol. The summed E-state index contributed by atoms with van der Waals surface area (Å²) in [4.78, 5) is 4.17. The van der Waals surface area contributed by atoms with Gasteiger partial charge in [0.1, 0.15) is 0 Å². The van der Waals surface area contributed by atoms with Crippen LogP contribution in [0.2, 0.25) is 0 Å². The topological polar surface area (TPSA) is 48.1 Å². The summed E-state index contributed by atoms with van der Waals surface area (Å²) in [6.45, 7) is 0.917. The van der Waals surface area contributed by atoms with E-state index in [0.29, 0.717) is 6.10 Å². The van der Waals surface area contributed by atoms with E-state index in [9.17, 15) is 0 Å². The second-order valence-electron chi connectivity index (χ2n) is 5.62. The van der Waals surface area contributed by atoms with Crippen molar-refractivity contribution in [3.63, 3.8) is 0 Å². The molecule has 0 aliphatic carbocycles. The molecule has 0 radical (unpaired) electrons. The molecule has 0 saturated carbocycles. The van der Waals surface area contributed by atoms with E-state index in [2.05, 4.69) is 29.2 Å². The SMILES string of the molecule is NC(CCC1CCCCO1)c1cccc2cnccc12. The van der Waals surface area contributed by atoms with Gasteiger partial charge in [0.05, 0.1) is 6.10 Å². The van der Waals surface area contributed by atoms with Crippen molar-refractivity contribution < 1.29 is 4.74 Å². The van der Waals surface area contributed by atoms with E-state index in [-0.39, 0.29) is 6.04 Å². The van der Waals surface area contributed by atoms with Gasteiger partial charge in [0.2, 0.25) is 0 Å². The van der Waals surface area contributed by atoms with E-state index in [0.717, 1.165) is 24.8 Å². The molecule has 1 aromatic carbocycles. The summed E-state index contributed by atoms with van der Waals surface area (Å²) in [6.07, 6.45) is 9.87. The van der Waals surface area contributed by atoms with Crippen LogP contribution >= 0.6 is 0 Å². The van der Waals surface area contributed by atoms with Gasteiger partial charge in [-0.3, -0.25) is 4.98 Å². The molecule has 0 amide bonds. The largest absolute Gasteiger partial charge is 0.378 e. The number of rotatable bonds is 4. The van der Waals surface area contributed by atoms with Gasteiger partial charge in [-0.05, 0) is 49.1 Å². The van der Waals surface area contributed by atoms with Crippen molar-refractivity contribution in [1.29, 1.82) is 0 Å². The number of pyridine rings is 1. The Bertz CT molecular complexity index is 558. The van der Waals surface area contributed by atoms with Gasteiger partial charge in [-0.15, -0.1) is 0 Å². The van der Waals surface area contributed by atoms with E-state index < -0.39 is 0 Å². The van der Waals surface area contributed by atoms with Crippen molar-refractivity contribution in [2.45, 2.75) is 44.2 Å². The number of nitrogens with two attached hydrogens (primary N) is 1. The first-order valence-corrected chi connectivity index (χ1v) is 7.54. The lowest BCUT2D eigenvalue weighted by Crippen LogP contribution is -2.21. The Labute approximate surface area is 120 Å². The molecule has 2 unspecified atom stereocenters. The highest BCUT2D eigenvalue weighted by Gasteiger charge is 2.16. The molecule has 1 aliphatic heterocycles. The molecule has 1 saturated heterocycles. The molecule has 3 nitrogen and oxygen atoms in total. The van der Waals surface area contributed by atoms with Gasteiger partial charge in [0.25, 0.3) is 0 Å². The monoisotopic (exact) mass is 270 g/mol. The molecule has 2 aromatic rings. The minimum Gasteiger partial charge on any atom is -0.378 e. The fourth-order valence-corrected chi connectivity index (χ4v) is 3.03. The van der Waals surface area contributed by atoms with Crippen LogP contribution in [0.3, 0.4) is 0 Å². The van der Waals surface area contributed by atoms with Crippen molar-refractivity contribution in [2.24, 2.45) is 5.73 Å². The summed E-state index contributed by atoms with van der Waals surface area (Å²) in [5.74, 6) is 0. The van der Waals surface area contributed by atoms with Gasteiger partial charge < -0.3 is 10.5 Å². The molecule has 0 bridgehead atoms. The molecular weight excluding hydrogens is 248 g/mol. The molecule has 2 atom stereocenters. The summed E-state index contributed by atoms with van der Waals surface area (Å²) >= 11 is 0. The van der Waals surface area contributed by atoms with Crippen molar-refractivity contribution >= 4 is 10.8 Å². The van der Waals surface area contributed by atoms with Gasteiger partial charge in [0, 0.05) is 30.4 Å². The maximum atomic E-state index is 6.40. The van der Waals surface area contributed by atoms with Crippen LogP contribution in [0.4, 0.5) is 0 Å². The number of aromatic nitrogens is 1. The molecule has 2 heterocycles. The summed E-state index contributed by atoms with van der Waals surface area (Å²) in [6, 6.07) is 8.42. The van der Waals surface area contributed by atoms with Crippen LogP contribution in [0.25, 0.3) is 10.8 Å². The van der Waals surface area contributed by atoms with E-state index in [1.165, 1.54) is 30.2 Å². The Kier molecular flexibility index (Phi) is 4.28. The fraction of sp³-hybridized carbons (Fsp3) is 0.471. The Morgan fingerprint density at radius 1 is 1.30 bits per heavy atom. The Morgan fingerprint density at radius 2 is 2.25 bits per heavy atom. The lowest BCUT2D eigenvalue weighted by atomic mass is 9.95. The molecule has 106 valence electrons. The highest BCUT2D eigenvalue weighted by Crippen LogP contribution is 2.27. The van der Waals surface area contributed by atoms with Crippen LogP contribution in [0.1, 0.15) is 43.7 Å². The van der Waals surface area contributed by atoms with Crippen molar-refractivity contribution in [2.75, 3.05) is 6.61 Å². The molecular formula is C17H22N2O. The van der Waals surface area contributed by atoms with Gasteiger partial charge >= 0.3 is 0 Å².